The molecule has 2 fully saturated rings. The Morgan fingerprint density at radius 2 is 1.84 bits per heavy atom. The van der Waals surface area contributed by atoms with Crippen LogP contribution in [-0.4, -0.2) is 58.5 Å². The molecule has 0 N–H and O–H groups in total. The summed E-state index contributed by atoms with van der Waals surface area (Å²) in [5, 5.41) is 0. The Bertz CT molecular complexity index is 402. The van der Waals surface area contributed by atoms with E-state index in [2.05, 4.69) is 30.0 Å². The summed E-state index contributed by atoms with van der Waals surface area (Å²) < 4.78 is 22.4. The lowest BCUT2D eigenvalue weighted by Gasteiger charge is -2.36. The fraction of sp³-hybridized carbons (Fsp3) is 1.00. The van der Waals surface area contributed by atoms with Gasteiger partial charge in [0.15, 0.2) is 0 Å². The highest BCUT2D eigenvalue weighted by atomic mass is 32.2. The zero-order valence-corrected chi connectivity index (χ0v) is 13.5. The minimum atomic E-state index is -1.90. The molecule has 0 aliphatic carbocycles. The summed E-state index contributed by atoms with van der Waals surface area (Å²) in [6.45, 7) is 8.16. The van der Waals surface area contributed by atoms with Gasteiger partial charge < -0.3 is 4.74 Å². The van der Waals surface area contributed by atoms with Gasteiger partial charge in [-0.15, -0.1) is 0 Å². The highest BCUT2D eigenvalue weighted by molar-refractivity contribution is 7.93. The smallest absolute Gasteiger partial charge is 0.0598 e. The molecule has 112 valence electrons. The van der Waals surface area contributed by atoms with Crippen LogP contribution >= 0.6 is 0 Å². The molecule has 2 atom stereocenters. The second-order valence-corrected chi connectivity index (χ2v) is 9.30. The van der Waals surface area contributed by atoms with Gasteiger partial charge in [-0.25, -0.2) is 8.57 Å². The third-order valence-corrected chi connectivity index (χ3v) is 6.58. The monoisotopic (exact) mass is 288 g/mol. The van der Waals surface area contributed by atoms with Crippen molar-refractivity contribution in [3.8, 4) is 0 Å². The van der Waals surface area contributed by atoms with Gasteiger partial charge >= 0.3 is 0 Å². The van der Waals surface area contributed by atoms with Gasteiger partial charge in [-0.3, -0.25) is 4.90 Å². The van der Waals surface area contributed by atoms with E-state index in [0.29, 0.717) is 12.1 Å². The molecule has 0 saturated carbocycles. The van der Waals surface area contributed by atoms with E-state index in [-0.39, 0.29) is 5.60 Å². The van der Waals surface area contributed by atoms with Crippen molar-refractivity contribution in [2.45, 2.75) is 57.7 Å². The second-order valence-electron chi connectivity index (χ2n) is 6.73. The molecule has 2 aliphatic heterocycles. The number of rotatable bonds is 4. The third kappa shape index (κ3) is 3.92. The minimum absolute atomic E-state index is 0.0453. The molecule has 5 heteroatoms. The molecule has 0 spiro atoms. The molecule has 0 aromatic carbocycles. The highest BCUT2D eigenvalue weighted by Crippen LogP contribution is 2.32. The van der Waals surface area contributed by atoms with E-state index in [1.807, 2.05) is 0 Å². The summed E-state index contributed by atoms with van der Waals surface area (Å²) in [7, 11) is -0.182. The molecule has 2 rings (SSSR count). The van der Waals surface area contributed by atoms with Gasteiger partial charge in [-0.05, 0) is 40.0 Å². The predicted octanol–water partition coefficient (Wildman–Crippen LogP) is 2.14. The number of nitrogens with zero attached hydrogens (tertiary/aromatic N) is 2. The molecule has 19 heavy (non-hydrogen) atoms. The molecule has 2 unspecified atom stereocenters. The van der Waals surface area contributed by atoms with E-state index in [4.69, 9.17) is 4.74 Å². The minimum Gasteiger partial charge on any atom is -0.376 e. The van der Waals surface area contributed by atoms with Crippen molar-refractivity contribution in [1.29, 1.82) is 0 Å². The zero-order chi connectivity index (χ0) is 14.1. The average molecular weight is 288 g/mol. The molecule has 2 bridgehead atoms. The van der Waals surface area contributed by atoms with Crippen molar-refractivity contribution >= 4 is 9.73 Å². The van der Waals surface area contributed by atoms with Gasteiger partial charge in [0, 0.05) is 53.5 Å². The Morgan fingerprint density at radius 1 is 1.26 bits per heavy atom. The van der Waals surface area contributed by atoms with Crippen LogP contribution in [0.4, 0.5) is 0 Å². The largest absolute Gasteiger partial charge is 0.376 e. The third-order valence-electron chi connectivity index (χ3n) is 4.11. The van der Waals surface area contributed by atoms with Crippen molar-refractivity contribution in [1.82, 2.24) is 4.90 Å². The maximum absolute atomic E-state index is 12.4. The van der Waals surface area contributed by atoms with Crippen molar-refractivity contribution in [3.63, 3.8) is 0 Å². The maximum atomic E-state index is 12.4. The number of ether oxygens (including phenoxy) is 1. The van der Waals surface area contributed by atoms with Crippen LogP contribution in [0.2, 0.25) is 0 Å². The molecular weight excluding hydrogens is 260 g/mol. The Balaban J connectivity index is 1.82. The first kappa shape index (κ1) is 15.3. The predicted molar refractivity (Wildman–Crippen MR) is 80.1 cm³/mol. The van der Waals surface area contributed by atoms with Crippen LogP contribution in [-0.2, 0) is 14.5 Å². The van der Waals surface area contributed by atoms with Crippen molar-refractivity contribution in [3.05, 3.63) is 0 Å². The lowest BCUT2D eigenvalue weighted by molar-refractivity contribution is -0.00808. The van der Waals surface area contributed by atoms with Crippen molar-refractivity contribution in [2.24, 2.45) is 4.36 Å². The summed E-state index contributed by atoms with van der Waals surface area (Å²) in [6.07, 6.45) is 3.45. The summed E-state index contributed by atoms with van der Waals surface area (Å²) in [6, 6.07) is 0.981. The van der Waals surface area contributed by atoms with Crippen LogP contribution in [0, 0.1) is 0 Å². The van der Waals surface area contributed by atoms with Crippen LogP contribution in [0.1, 0.15) is 40.0 Å². The van der Waals surface area contributed by atoms with E-state index in [1.54, 1.807) is 7.05 Å². The maximum Gasteiger partial charge on any atom is 0.0598 e. The van der Waals surface area contributed by atoms with Gasteiger partial charge in [0.05, 0.1) is 5.60 Å². The molecule has 0 amide bonds. The van der Waals surface area contributed by atoms with Crippen LogP contribution in [0.25, 0.3) is 0 Å². The van der Waals surface area contributed by atoms with Crippen LogP contribution < -0.4 is 0 Å². The van der Waals surface area contributed by atoms with E-state index in [9.17, 15) is 4.21 Å². The molecule has 0 aromatic heterocycles. The lowest BCUT2D eigenvalue weighted by Crippen LogP contribution is -2.49. The van der Waals surface area contributed by atoms with Crippen LogP contribution in [0.5, 0.6) is 0 Å². The molecule has 0 aromatic rings. The summed E-state index contributed by atoms with van der Waals surface area (Å²) in [5.74, 6) is 1.56. The fourth-order valence-electron chi connectivity index (χ4n) is 3.18. The first-order valence-corrected chi connectivity index (χ1v) is 9.19. The van der Waals surface area contributed by atoms with Gasteiger partial charge in [0.2, 0.25) is 0 Å². The topological polar surface area (TPSA) is 41.9 Å². The summed E-state index contributed by atoms with van der Waals surface area (Å²) in [4.78, 5) is 2.56. The Labute approximate surface area is 118 Å². The van der Waals surface area contributed by atoms with Crippen LogP contribution in [0.3, 0.4) is 0 Å². The van der Waals surface area contributed by atoms with Crippen molar-refractivity contribution in [2.75, 3.05) is 31.7 Å². The molecule has 2 heterocycles. The lowest BCUT2D eigenvalue weighted by atomic mass is 10.2. The standard InChI is InChI=1S/C14H28N2O2S/c1-14(2,3)18-9-5-8-16-12-6-7-13(16)11-19(17,10-12)15-4/h12-13H,5-11H2,1-4H3. The van der Waals surface area contributed by atoms with Gasteiger partial charge in [0.1, 0.15) is 0 Å². The molecular formula is C14H28N2O2S. The Kier molecular flexibility index (Phi) is 4.58. The number of hydrogen-bond acceptors (Lipinski definition) is 4. The fourth-order valence-corrected chi connectivity index (χ4v) is 5.53. The van der Waals surface area contributed by atoms with Crippen LogP contribution in [0.15, 0.2) is 4.36 Å². The van der Waals surface area contributed by atoms with Gasteiger partial charge in [-0.1, -0.05) is 0 Å². The number of fused-ring (bicyclic) bond motifs is 2. The first-order valence-electron chi connectivity index (χ1n) is 7.33. The normalized spacial score (nSPS) is 35.6. The second kappa shape index (κ2) is 5.70. The average Bonchev–Trinajstić information content (AvgIpc) is 2.56. The molecule has 0 radical (unpaired) electrons. The Hall–Kier alpha value is -0.130. The van der Waals surface area contributed by atoms with Crippen molar-refractivity contribution < 1.29 is 8.95 Å². The summed E-state index contributed by atoms with van der Waals surface area (Å²) >= 11 is 0. The van der Waals surface area contributed by atoms with E-state index >= 15 is 0 Å². The summed E-state index contributed by atoms with van der Waals surface area (Å²) in [5.41, 5.74) is -0.0453. The van der Waals surface area contributed by atoms with Gasteiger partial charge in [-0.2, -0.15) is 0 Å². The SMILES string of the molecule is CN=S1(=O)CC2CCC(C1)N2CCCOC(C)(C)C. The Morgan fingerprint density at radius 3 is 2.32 bits per heavy atom. The zero-order valence-electron chi connectivity index (χ0n) is 12.7. The molecule has 4 nitrogen and oxygen atoms in total. The van der Waals surface area contributed by atoms with E-state index < -0.39 is 9.73 Å². The molecule has 2 saturated heterocycles. The first-order chi connectivity index (χ1) is 8.83. The van der Waals surface area contributed by atoms with Gasteiger partial charge in [0.25, 0.3) is 0 Å². The quantitative estimate of drug-likeness (QED) is 0.744. The number of hydrogen-bond donors (Lipinski definition) is 0. The van der Waals surface area contributed by atoms with E-state index in [1.165, 1.54) is 12.8 Å². The molecule has 2 aliphatic rings. The van der Waals surface area contributed by atoms with E-state index in [0.717, 1.165) is 31.1 Å². The highest BCUT2D eigenvalue weighted by Gasteiger charge is 2.41.